The highest BCUT2D eigenvalue weighted by molar-refractivity contribution is 4.69. The normalized spacial score (nSPS) is 45.0. The number of ether oxygens (including phenoxy) is 1. The summed E-state index contributed by atoms with van der Waals surface area (Å²) >= 11 is 0. The van der Waals surface area contributed by atoms with E-state index in [1.54, 1.807) is 6.92 Å². The zero-order chi connectivity index (χ0) is 6.85. The molecule has 3 nitrogen and oxygen atoms in total. The largest absolute Gasteiger partial charge is 0.390 e. The van der Waals surface area contributed by atoms with Crippen molar-refractivity contribution >= 4 is 0 Å². The minimum atomic E-state index is -0.664. The molecule has 1 aliphatic rings. The second-order valence-electron chi connectivity index (χ2n) is 2.44. The van der Waals surface area contributed by atoms with Gasteiger partial charge >= 0.3 is 0 Å². The van der Waals surface area contributed by atoms with Crippen molar-refractivity contribution in [1.82, 2.24) is 0 Å². The average Bonchev–Trinajstić information content (AvgIpc) is 1.80. The van der Waals surface area contributed by atoms with E-state index in [1.807, 2.05) is 0 Å². The molecule has 0 unspecified atom stereocenters. The first-order chi connectivity index (χ1) is 4.20. The van der Waals surface area contributed by atoms with Crippen molar-refractivity contribution in [2.45, 2.75) is 38.3 Å². The van der Waals surface area contributed by atoms with Crippen molar-refractivity contribution in [2.24, 2.45) is 0 Å². The number of hydrogen-bond acceptors (Lipinski definition) is 3. The Kier molecular flexibility index (Phi) is 2.05. The van der Waals surface area contributed by atoms with Crippen LogP contribution in [0.25, 0.3) is 0 Å². The third-order valence-corrected chi connectivity index (χ3v) is 1.62. The van der Waals surface area contributed by atoms with Gasteiger partial charge in [0.05, 0.1) is 12.2 Å². The zero-order valence-electron chi connectivity index (χ0n) is 5.45. The third-order valence-electron chi connectivity index (χ3n) is 1.62. The summed E-state index contributed by atoms with van der Waals surface area (Å²) in [5.41, 5.74) is 0. The van der Waals surface area contributed by atoms with Gasteiger partial charge in [-0.15, -0.1) is 0 Å². The first-order valence-corrected chi connectivity index (χ1v) is 3.21. The van der Waals surface area contributed by atoms with Gasteiger partial charge in [0.1, 0.15) is 0 Å². The predicted octanol–water partition coefficient (Wildman–Crippen LogP) is -0.135. The molecule has 0 amide bonds. The smallest absolute Gasteiger partial charge is 0.155 e. The van der Waals surface area contributed by atoms with Crippen molar-refractivity contribution in [3.63, 3.8) is 0 Å². The molecule has 0 radical (unpaired) electrons. The lowest BCUT2D eigenvalue weighted by atomic mass is 10.1. The molecule has 9 heavy (non-hydrogen) atoms. The molecule has 1 fully saturated rings. The molecule has 0 aliphatic carbocycles. The van der Waals surface area contributed by atoms with Crippen LogP contribution >= 0.6 is 0 Å². The van der Waals surface area contributed by atoms with Gasteiger partial charge in [-0.05, 0) is 13.3 Å². The summed E-state index contributed by atoms with van der Waals surface area (Å²) in [5, 5.41) is 17.9. The van der Waals surface area contributed by atoms with Crippen LogP contribution in [0.15, 0.2) is 0 Å². The van der Waals surface area contributed by atoms with Crippen LogP contribution in [0.2, 0.25) is 0 Å². The van der Waals surface area contributed by atoms with Crippen LogP contribution < -0.4 is 0 Å². The fourth-order valence-electron chi connectivity index (χ4n) is 0.955. The Hall–Kier alpha value is -0.120. The van der Waals surface area contributed by atoms with Crippen LogP contribution in [0.5, 0.6) is 0 Å². The summed E-state index contributed by atoms with van der Waals surface area (Å²) in [6.07, 6.45) is -0.0843. The van der Waals surface area contributed by atoms with Gasteiger partial charge in [-0.2, -0.15) is 0 Å². The first kappa shape index (κ1) is 6.99. The number of hydrogen-bond donors (Lipinski definition) is 2. The molecule has 3 heteroatoms. The maximum Gasteiger partial charge on any atom is 0.155 e. The quantitative estimate of drug-likeness (QED) is 0.482. The molecule has 0 bridgehead atoms. The van der Waals surface area contributed by atoms with Crippen molar-refractivity contribution in [3.05, 3.63) is 0 Å². The molecule has 1 heterocycles. The van der Waals surface area contributed by atoms with Gasteiger partial charge < -0.3 is 14.9 Å². The maximum atomic E-state index is 9.06. The van der Waals surface area contributed by atoms with Crippen LogP contribution in [-0.4, -0.2) is 28.7 Å². The van der Waals surface area contributed by atoms with Gasteiger partial charge in [-0.1, -0.05) is 0 Å². The summed E-state index contributed by atoms with van der Waals surface area (Å²) in [5.74, 6) is 0. The summed E-state index contributed by atoms with van der Waals surface area (Å²) in [4.78, 5) is 0. The SMILES string of the molecule is C[C@@H]1O[C@H](O)CC[C@@H]1O. The fourth-order valence-corrected chi connectivity index (χ4v) is 0.955. The second-order valence-corrected chi connectivity index (χ2v) is 2.44. The van der Waals surface area contributed by atoms with Crippen LogP contribution in [0.1, 0.15) is 19.8 Å². The predicted molar refractivity (Wildman–Crippen MR) is 31.8 cm³/mol. The highest BCUT2D eigenvalue weighted by Crippen LogP contribution is 2.16. The van der Waals surface area contributed by atoms with Crippen molar-refractivity contribution in [3.8, 4) is 0 Å². The standard InChI is InChI=1S/C6H12O3/c1-4-5(7)2-3-6(8)9-4/h4-8H,2-3H2,1H3/t4-,5-,6-/m0/s1. The molecule has 1 saturated heterocycles. The molecular formula is C6H12O3. The van der Waals surface area contributed by atoms with E-state index in [0.717, 1.165) is 0 Å². The van der Waals surface area contributed by atoms with Crippen LogP contribution in [0.4, 0.5) is 0 Å². The molecule has 0 aromatic carbocycles. The van der Waals surface area contributed by atoms with E-state index in [4.69, 9.17) is 14.9 Å². The maximum absolute atomic E-state index is 9.06. The topological polar surface area (TPSA) is 49.7 Å². The van der Waals surface area contributed by atoms with Crippen LogP contribution in [0.3, 0.4) is 0 Å². The van der Waals surface area contributed by atoms with Gasteiger partial charge in [-0.3, -0.25) is 0 Å². The molecule has 1 aliphatic heterocycles. The van der Waals surface area contributed by atoms with E-state index in [0.29, 0.717) is 12.8 Å². The van der Waals surface area contributed by atoms with Crippen molar-refractivity contribution in [2.75, 3.05) is 0 Å². The molecule has 0 saturated carbocycles. The van der Waals surface area contributed by atoms with E-state index < -0.39 is 12.4 Å². The molecule has 0 aromatic heterocycles. The third kappa shape index (κ3) is 1.64. The van der Waals surface area contributed by atoms with Crippen LogP contribution in [-0.2, 0) is 4.74 Å². The van der Waals surface area contributed by atoms with Gasteiger partial charge in [0.25, 0.3) is 0 Å². The Morgan fingerprint density at radius 1 is 1.33 bits per heavy atom. The summed E-state index contributed by atoms with van der Waals surface area (Å²) in [6, 6.07) is 0. The Labute approximate surface area is 54.3 Å². The zero-order valence-corrected chi connectivity index (χ0v) is 5.45. The minimum absolute atomic E-state index is 0.214. The average molecular weight is 132 g/mol. The fraction of sp³-hybridized carbons (Fsp3) is 1.00. The Balaban J connectivity index is 2.35. The number of aliphatic hydroxyl groups is 2. The van der Waals surface area contributed by atoms with E-state index in [2.05, 4.69) is 0 Å². The summed E-state index contributed by atoms with van der Waals surface area (Å²) < 4.78 is 4.90. The minimum Gasteiger partial charge on any atom is -0.390 e. The Morgan fingerprint density at radius 3 is 2.44 bits per heavy atom. The van der Waals surface area contributed by atoms with Gasteiger partial charge in [0, 0.05) is 6.42 Å². The van der Waals surface area contributed by atoms with E-state index in [-0.39, 0.29) is 6.10 Å². The molecule has 3 atom stereocenters. The van der Waals surface area contributed by atoms with E-state index >= 15 is 0 Å². The van der Waals surface area contributed by atoms with Crippen molar-refractivity contribution in [1.29, 1.82) is 0 Å². The molecule has 0 spiro atoms. The molecular weight excluding hydrogens is 120 g/mol. The van der Waals surface area contributed by atoms with Gasteiger partial charge in [0.2, 0.25) is 0 Å². The molecule has 0 aromatic rings. The van der Waals surface area contributed by atoms with Gasteiger partial charge in [0.15, 0.2) is 6.29 Å². The van der Waals surface area contributed by atoms with E-state index in [9.17, 15) is 0 Å². The summed E-state index contributed by atoms with van der Waals surface area (Å²) in [7, 11) is 0. The second kappa shape index (κ2) is 2.64. The van der Waals surface area contributed by atoms with Gasteiger partial charge in [-0.25, -0.2) is 0 Å². The highest BCUT2D eigenvalue weighted by Gasteiger charge is 2.24. The van der Waals surface area contributed by atoms with E-state index in [1.165, 1.54) is 0 Å². The molecule has 54 valence electrons. The lowest BCUT2D eigenvalue weighted by Crippen LogP contribution is -2.36. The molecule has 2 N–H and O–H groups in total. The Bertz CT molecular complexity index is 94.3. The van der Waals surface area contributed by atoms with Crippen LogP contribution in [0, 0.1) is 0 Å². The van der Waals surface area contributed by atoms with Crippen molar-refractivity contribution < 1.29 is 14.9 Å². The summed E-state index contributed by atoms with van der Waals surface area (Å²) in [6.45, 7) is 1.76. The highest BCUT2D eigenvalue weighted by atomic mass is 16.6. The number of rotatable bonds is 0. The molecule has 1 rings (SSSR count). The monoisotopic (exact) mass is 132 g/mol. The Morgan fingerprint density at radius 2 is 2.00 bits per heavy atom. The lowest BCUT2D eigenvalue weighted by Gasteiger charge is -2.28. The lowest BCUT2D eigenvalue weighted by molar-refractivity contribution is -0.192. The first-order valence-electron chi connectivity index (χ1n) is 3.21. The number of aliphatic hydroxyl groups excluding tert-OH is 2.